The van der Waals surface area contributed by atoms with Crippen LogP contribution in [0.1, 0.15) is 18.4 Å². The number of rotatable bonds is 6. The maximum atomic E-state index is 14.4. The number of amides is 1. The average Bonchev–Trinajstić information content (AvgIpc) is 3.14. The molecule has 1 aliphatic heterocycles. The van der Waals surface area contributed by atoms with Crippen molar-refractivity contribution in [3.8, 4) is 0 Å². The lowest BCUT2D eigenvalue weighted by Gasteiger charge is -2.23. The van der Waals surface area contributed by atoms with Crippen molar-refractivity contribution in [3.05, 3.63) is 53.8 Å². The van der Waals surface area contributed by atoms with E-state index in [9.17, 15) is 17.6 Å². The highest BCUT2D eigenvalue weighted by atomic mass is 32.2. The van der Waals surface area contributed by atoms with Crippen molar-refractivity contribution in [2.45, 2.75) is 19.8 Å². The van der Waals surface area contributed by atoms with Gasteiger partial charge in [-0.2, -0.15) is 0 Å². The molecule has 0 radical (unpaired) electrons. The molecule has 28 heavy (non-hydrogen) atoms. The predicted octanol–water partition coefficient (Wildman–Crippen LogP) is 3.14. The Labute approximate surface area is 165 Å². The molecule has 2 aromatic rings. The van der Waals surface area contributed by atoms with Gasteiger partial charge in [-0.05, 0) is 49.6 Å². The molecule has 1 amide bonds. The Morgan fingerprint density at radius 1 is 1.18 bits per heavy atom. The number of nitrogens with one attached hydrogen (secondary N) is 1. The third-order valence-electron chi connectivity index (χ3n) is 4.75. The summed E-state index contributed by atoms with van der Waals surface area (Å²) in [6.45, 7) is 3.03. The molecule has 8 heteroatoms. The van der Waals surface area contributed by atoms with Gasteiger partial charge in [0.15, 0.2) is 0 Å². The summed E-state index contributed by atoms with van der Waals surface area (Å²) in [6, 6.07) is 11.5. The summed E-state index contributed by atoms with van der Waals surface area (Å²) in [7, 11) is -3.66. The van der Waals surface area contributed by atoms with Crippen LogP contribution < -0.4 is 14.5 Å². The molecule has 0 unspecified atom stereocenters. The van der Waals surface area contributed by atoms with Crippen molar-refractivity contribution in [1.29, 1.82) is 0 Å². The highest BCUT2D eigenvalue weighted by molar-refractivity contribution is 7.92. The number of carbonyl (C=O) groups excluding carboxylic acids is 1. The minimum atomic E-state index is -3.66. The van der Waals surface area contributed by atoms with Crippen LogP contribution in [-0.2, 0) is 14.8 Å². The molecule has 1 saturated heterocycles. The number of benzene rings is 2. The largest absolute Gasteiger partial charge is 0.369 e. The van der Waals surface area contributed by atoms with Gasteiger partial charge in [0, 0.05) is 18.8 Å². The number of anilines is 3. The Hall–Kier alpha value is -2.61. The topological polar surface area (TPSA) is 69.7 Å². The van der Waals surface area contributed by atoms with E-state index in [1.165, 1.54) is 6.07 Å². The van der Waals surface area contributed by atoms with Gasteiger partial charge in [-0.25, -0.2) is 12.8 Å². The molecule has 1 N–H and O–H groups in total. The van der Waals surface area contributed by atoms with Crippen LogP contribution in [0.15, 0.2) is 42.5 Å². The molecule has 150 valence electrons. The number of halogens is 1. The quantitative estimate of drug-likeness (QED) is 0.802. The molecule has 0 saturated carbocycles. The summed E-state index contributed by atoms with van der Waals surface area (Å²) in [6.07, 6.45) is 3.13. The number of hydrogen-bond acceptors (Lipinski definition) is 4. The van der Waals surface area contributed by atoms with E-state index < -0.39 is 21.7 Å². The van der Waals surface area contributed by atoms with Crippen LogP contribution in [0.2, 0.25) is 0 Å². The van der Waals surface area contributed by atoms with Crippen LogP contribution >= 0.6 is 0 Å². The third kappa shape index (κ3) is 4.62. The van der Waals surface area contributed by atoms with Crippen molar-refractivity contribution in [2.24, 2.45) is 0 Å². The van der Waals surface area contributed by atoms with Gasteiger partial charge in [0.2, 0.25) is 15.9 Å². The predicted molar refractivity (Wildman–Crippen MR) is 110 cm³/mol. The van der Waals surface area contributed by atoms with Crippen LogP contribution in [0.4, 0.5) is 21.5 Å². The van der Waals surface area contributed by atoms with Gasteiger partial charge in [0.1, 0.15) is 12.4 Å². The van der Waals surface area contributed by atoms with E-state index in [0.29, 0.717) is 17.1 Å². The molecule has 0 atom stereocenters. The fourth-order valence-electron chi connectivity index (χ4n) is 3.35. The molecule has 3 rings (SSSR count). The first-order valence-corrected chi connectivity index (χ1v) is 11.0. The number of sulfonamides is 1. The summed E-state index contributed by atoms with van der Waals surface area (Å²) >= 11 is 0. The van der Waals surface area contributed by atoms with E-state index in [1.807, 2.05) is 4.90 Å². The van der Waals surface area contributed by atoms with E-state index in [0.717, 1.165) is 42.1 Å². The highest BCUT2D eigenvalue weighted by Crippen LogP contribution is 2.26. The molecular formula is C20H24FN3O3S. The first kappa shape index (κ1) is 20.1. The summed E-state index contributed by atoms with van der Waals surface area (Å²) < 4.78 is 39.9. The Kier molecular flexibility index (Phi) is 5.88. The van der Waals surface area contributed by atoms with E-state index in [-0.39, 0.29) is 6.54 Å². The van der Waals surface area contributed by atoms with Crippen LogP contribution in [0.3, 0.4) is 0 Å². The Bertz CT molecular complexity index is 972. The molecule has 0 bridgehead atoms. The van der Waals surface area contributed by atoms with Crippen molar-refractivity contribution in [2.75, 3.05) is 40.4 Å². The molecule has 6 nitrogen and oxygen atoms in total. The van der Waals surface area contributed by atoms with Crippen molar-refractivity contribution in [3.63, 3.8) is 0 Å². The smallest absolute Gasteiger partial charge is 0.245 e. The monoisotopic (exact) mass is 405 g/mol. The third-order valence-corrected chi connectivity index (χ3v) is 5.88. The maximum absolute atomic E-state index is 14.4. The minimum absolute atomic E-state index is 0.295. The lowest BCUT2D eigenvalue weighted by atomic mass is 10.2. The molecular weight excluding hydrogens is 381 g/mol. The first-order valence-electron chi connectivity index (χ1n) is 9.13. The highest BCUT2D eigenvalue weighted by Gasteiger charge is 2.22. The zero-order chi connectivity index (χ0) is 20.3. The van der Waals surface area contributed by atoms with Crippen LogP contribution in [0.5, 0.6) is 0 Å². The second kappa shape index (κ2) is 8.18. The van der Waals surface area contributed by atoms with E-state index in [2.05, 4.69) is 5.32 Å². The average molecular weight is 405 g/mol. The Balaban J connectivity index is 1.75. The van der Waals surface area contributed by atoms with Gasteiger partial charge in [-0.1, -0.05) is 18.2 Å². The number of para-hydroxylation sites is 1. The van der Waals surface area contributed by atoms with Gasteiger partial charge >= 0.3 is 0 Å². The Morgan fingerprint density at radius 3 is 2.46 bits per heavy atom. The van der Waals surface area contributed by atoms with Gasteiger partial charge < -0.3 is 10.2 Å². The standard InChI is InChI=1S/C20H24FN3O3S/c1-15-7-3-4-8-18(15)24(28(2,26)27)14-20(25)22-16-9-10-19(17(21)13-16)23-11-5-6-12-23/h3-4,7-10,13H,5-6,11-12,14H2,1-2H3,(H,22,25). The van der Waals surface area contributed by atoms with Crippen molar-refractivity contribution in [1.82, 2.24) is 0 Å². The summed E-state index contributed by atoms with van der Waals surface area (Å²) in [5.41, 5.74) is 1.99. The zero-order valence-corrected chi connectivity index (χ0v) is 16.8. The second-order valence-electron chi connectivity index (χ2n) is 6.96. The SMILES string of the molecule is Cc1ccccc1N(CC(=O)Nc1ccc(N2CCCC2)c(F)c1)S(C)(=O)=O. The van der Waals surface area contributed by atoms with Gasteiger partial charge in [-0.15, -0.1) is 0 Å². The van der Waals surface area contributed by atoms with Crippen molar-refractivity contribution < 1.29 is 17.6 Å². The summed E-state index contributed by atoms with van der Waals surface area (Å²) in [5.74, 6) is -0.944. The number of aryl methyl sites for hydroxylation is 1. The Morgan fingerprint density at radius 2 is 1.86 bits per heavy atom. The number of nitrogens with zero attached hydrogens (tertiary/aromatic N) is 2. The van der Waals surface area contributed by atoms with Gasteiger partial charge in [-0.3, -0.25) is 9.10 Å². The fraction of sp³-hybridized carbons (Fsp3) is 0.350. The van der Waals surface area contributed by atoms with Crippen LogP contribution in [0, 0.1) is 12.7 Å². The van der Waals surface area contributed by atoms with Gasteiger partial charge in [0.05, 0.1) is 17.6 Å². The van der Waals surface area contributed by atoms with Gasteiger partial charge in [0.25, 0.3) is 0 Å². The summed E-state index contributed by atoms with van der Waals surface area (Å²) in [4.78, 5) is 14.4. The molecule has 2 aromatic carbocycles. The lowest BCUT2D eigenvalue weighted by molar-refractivity contribution is -0.114. The maximum Gasteiger partial charge on any atom is 0.245 e. The van der Waals surface area contributed by atoms with Crippen molar-refractivity contribution >= 4 is 33.0 Å². The second-order valence-corrected chi connectivity index (χ2v) is 8.87. The normalized spacial score (nSPS) is 14.2. The molecule has 0 spiro atoms. The van der Waals surface area contributed by atoms with E-state index in [1.54, 1.807) is 43.3 Å². The fourth-order valence-corrected chi connectivity index (χ4v) is 4.27. The lowest BCUT2D eigenvalue weighted by Crippen LogP contribution is -2.37. The van der Waals surface area contributed by atoms with Crippen LogP contribution in [-0.4, -0.2) is 40.2 Å². The molecule has 0 aromatic heterocycles. The number of carbonyl (C=O) groups is 1. The summed E-state index contributed by atoms with van der Waals surface area (Å²) in [5, 5.41) is 2.59. The molecule has 1 fully saturated rings. The number of hydrogen-bond donors (Lipinski definition) is 1. The molecule has 1 aliphatic rings. The molecule has 1 heterocycles. The van der Waals surface area contributed by atoms with Crippen LogP contribution in [0.25, 0.3) is 0 Å². The van der Waals surface area contributed by atoms with E-state index >= 15 is 0 Å². The van der Waals surface area contributed by atoms with E-state index in [4.69, 9.17) is 0 Å². The first-order chi connectivity index (χ1) is 13.3. The zero-order valence-electron chi connectivity index (χ0n) is 16.0. The molecule has 0 aliphatic carbocycles. The minimum Gasteiger partial charge on any atom is -0.369 e.